The fraction of sp³-hybridized carbons (Fsp3) is 0.600. The molecule has 106 valence electrons. The van der Waals surface area contributed by atoms with Crippen LogP contribution in [-0.4, -0.2) is 27.8 Å². The average Bonchev–Trinajstić information content (AvgIpc) is 3.18. The van der Waals surface area contributed by atoms with E-state index in [0.29, 0.717) is 0 Å². The standard InChI is InChI=1S/C15H24N2O2/c1-10-7-11(18-3)8-12(19-4)13(10)14(16)15(5-6-15)9-17-2/h7-8,14,17H,5-6,9,16H2,1-4H3. The van der Waals surface area contributed by atoms with Crippen molar-refractivity contribution in [3.63, 3.8) is 0 Å². The summed E-state index contributed by atoms with van der Waals surface area (Å²) in [4.78, 5) is 0. The molecule has 2 rings (SSSR count). The third-order valence-corrected chi connectivity index (χ3v) is 4.17. The normalized spacial score (nSPS) is 17.9. The molecule has 0 aliphatic heterocycles. The lowest BCUT2D eigenvalue weighted by atomic mass is 9.87. The number of aryl methyl sites for hydroxylation is 1. The van der Waals surface area contributed by atoms with E-state index >= 15 is 0 Å². The van der Waals surface area contributed by atoms with Gasteiger partial charge in [0.05, 0.1) is 14.2 Å². The van der Waals surface area contributed by atoms with Gasteiger partial charge in [0.2, 0.25) is 0 Å². The lowest BCUT2D eigenvalue weighted by Gasteiger charge is -2.27. The minimum Gasteiger partial charge on any atom is -0.497 e. The lowest BCUT2D eigenvalue weighted by Crippen LogP contribution is -2.32. The van der Waals surface area contributed by atoms with Crippen molar-refractivity contribution in [3.05, 3.63) is 23.3 Å². The van der Waals surface area contributed by atoms with E-state index in [1.54, 1.807) is 14.2 Å². The SMILES string of the molecule is CNCC1(C(N)c2c(C)cc(OC)cc2OC)CC1. The van der Waals surface area contributed by atoms with Crippen molar-refractivity contribution in [1.29, 1.82) is 0 Å². The summed E-state index contributed by atoms with van der Waals surface area (Å²) >= 11 is 0. The second kappa shape index (κ2) is 5.39. The van der Waals surface area contributed by atoms with Gasteiger partial charge in [0.25, 0.3) is 0 Å². The van der Waals surface area contributed by atoms with Crippen LogP contribution in [0.3, 0.4) is 0 Å². The first kappa shape index (κ1) is 14.2. The van der Waals surface area contributed by atoms with Crippen LogP contribution in [0.25, 0.3) is 0 Å². The number of hydrogen-bond acceptors (Lipinski definition) is 4. The van der Waals surface area contributed by atoms with E-state index in [0.717, 1.165) is 29.2 Å². The first-order valence-corrected chi connectivity index (χ1v) is 6.70. The van der Waals surface area contributed by atoms with Crippen LogP contribution in [0.1, 0.15) is 30.0 Å². The first-order chi connectivity index (χ1) is 9.07. The van der Waals surface area contributed by atoms with Gasteiger partial charge in [0, 0.05) is 29.6 Å². The van der Waals surface area contributed by atoms with Crippen molar-refractivity contribution < 1.29 is 9.47 Å². The highest BCUT2D eigenvalue weighted by atomic mass is 16.5. The number of methoxy groups -OCH3 is 2. The molecular formula is C15H24N2O2. The zero-order valence-corrected chi connectivity index (χ0v) is 12.2. The monoisotopic (exact) mass is 264 g/mol. The molecule has 1 aliphatic carbocycles. The van der Waals surface area contributed by atoms with Crippen LogP contribution in [0.5, 0.6) is 11.5 Å². The molecule has 1 aliphatic rings. The van der Waals surface area contributed by atoms with Crippen molar-refractivity contribution in [2.24, 2.45) is 11.1 Å². The third-order valence-electron chi connectivity index (χ3n) is 4.17. The minimum atomic E-state index is 0.000746. The Morgan fingerprint density at radius 1 is 1.32 bits per heavy atom. The van der Waals surface area contributed by atoms with Crippen LogP contribution < -0.4 is 20.5 Å². The van der Waals surface area contributed by atoms with Gasteiger partial charge in [0.15, 0.2) is 0 Å². The largest absolute Gasteiger partial charge is 0.497 e. The first-order valence-electron chi connectivity index (χ1n) is 6.70. The van der Waals surface area contributed by atoms with Crippen LogP contribution in [0.4, 0.5) is 0 Å². The summed E-state index contributed by atoms with van der Waals surface area (Å²) in [5, 5.41) is 3.26. The maximum atomic E-state index is 6.53. The minimum absolute atomic E-state index is 0.000746. The third kappa shape index (κ3) is 2.55. The summed E-state index contributed by atoms with van der Waals surface area (Å²) in [6.07, 6.45) is 2.34. The van der Waals surface area contributed by atoms with E-state index in [1.807, 2.05) is 19.2 Å². The van der Waals surface area contributed by atoms with E-state index in [2.05, 4.69) is 12.2 Å². The molecule has 4 nitrogen and oxygen atoms in total. The highest BCUT2D eigenvalue weighted by Crippen LogP contribution is 2.55. The smallest absolute Gasteiger partial charge is 0.127 e. The highest BCUT2D eigenvalue weighted by molar-refractivity contribution is 5.49. The van der Waals surface area contributed by atoms with Crippen molar-refractivity contribution >= 4 is 0 Å². The fourth-order valence-corrected chi connectivity index (χ4v) is 2.84. The maximum Gasteiger partial charge on any atom is 0.127 e. The summed E-state index contributed by atoms with van der Waals surface area (Å²) in [5.74, 6) is 1.63. The van der Waals surface area contributed by atoms with E-state index in [-0.39, 0.29) is 11.5 Å². The number of nitrogens with one attached hydrogen (secondary N) is 1. The fourth-order valence-electron chi connectivity index (χ4n) is 2.84. The molecular weight excluding hydrogens is 240 g/mol. The Balaban J connectivity index is 2.38. The molecule has 19 heavy (non-hydrogen) atoms. The summed E-state index contributed by atoms with van der Waals surface area (Å²) < 4.78 is 10.8. The van der Waals surface area contributed by atoms with Crippen LogP contribution >= 0.6 is 0 Å². The van der Waals surface area contributed by atoms with Crippen molar-refractivity contribution in [1.82, 2.24) is 5.32 Å². The van der Waals surface area contributed by atoms with E-state index in [9.17, 15) is 0 Å². The van der Waals surface area contributed by atoms with Crippen molar-refractivity contribution in [3.8, 4) is 11.5 Å². The Kier molecular flexibility index (Phi) is 4.02. The number of hydrogen-bond donors (Lipinski definition) is 2. The molecule has 1 atom stereocenters. The second-order valence-corrected chi connectivity index (χ2v) is 5.43. The molecule has 0 aromatic heterocycles. The molecule has 0 amide bonds. The van der Waals surface area contributed by atoms with E-state index < -0.39 is 0 Å². The van der Waals surface area contributed by atoms with Crippen LogP contribution in [-0.2, 0) is 0 Å². The number of nitrogens with two attached hydrogens (primary N) is 1. The summed E-state index contributed by atoms with van der Waals surface area (Å²) in [6, 6.07) is 3.94. The van der Waals surface area contributed by atoms with E-state index in [4.69, 9.17) is 15.2 Å². The van der Waals surface area contributed by atoms with Gasteiger partial charge in [-0.3, -0.25) is 0 Å². The average molecular weight is 264 g/mol. The van der Waals surface area contributed by atoms with Gasteiger partial charge in [-0.05, 0) is 38.4 Å². The molecule has 3 N–H and O–H groups in total. The molecule has 0 saturated heterocycles. The number of rotatable bonds is 6. The van der Waals surface area contributed by atoms with Gasteiger partial charge in [-0.2, -0.15) is 0 Å². The number of ether oxygens (including phenoxy) is 2. The Bertz CT molecular complexity index is 456. The molecule has 1 aromatic rings. The van der Waals surface area contributed by atoms with Gasteiger partial charge in [-0.15, -0.1) is 0 Å². The zero-order chi connectivity index (χ0) is 14.0. The lowest BCUT2D eigenvalue weighted by molar-refractivity contribution is 0.357. The van der Waals surface area contributed by atoms with Crippen molar-refractivity contribution in [2.45, 2.75) is 25.8 Å². The quantitative estimate of drug-likeness (QED) is 0.825. The van der Waals surface area contributed by atoms with Crippen LogP contribution in [0.2, 0.25) is 0 Å². The number of benzene rings is 1. The van der Waals surface area contributed by atoms with Gasteiger partial charge in [-0.25, -0.2) is 0 Å². The Morgan fingerprint density at radius 2 is 2.00 bits per heavy atom. The molecule has 0 spiro atoms. The van der Waals surface area contributed by atoms with Crippen LogP contribution in [0, 0.1) is 12.3 Å². The molecule has 0 heterocycles. The Morgan fingerprint density at radius 3 is 2.47 bits per heavy atom. The van der Waals surface area contributed by atoms with Crippen LogP contribution in [0.15, 0.2) is 12.1 Å². The molecule has 0 bridgehead atoms. The zero-order valence-electron chi connectivity index (χ0n) is 12.2. The molecule has 1 fully saturated rings. The molecule has 1 unspecified atom stereocenters. The Labute approximate surface area is 115 Å². The summed E-state index contributed by atoms with van der Waals surface area (Å²) in [5.41, 5.74) is 8.95. The van der Waals surface area contributed by atoms with Gasteiger partial charge in [0.1, 0.15) is 11.5 Å². The molecule has 1 saturated carbocycles. The summed E-state index contributed by atoms with van der Waals surface area (Å²) in [7, 11) is 5.32. The predicted molar refractivity (Wildman–Crippen MR) is 76.8 cm³/mol. The van der Waals surface area contributed by atoms with Crippen molar-refractivity contribution in [2.75, 3.05) is 27.8 Å². The Hall–Kier alpha value is -1.26. The molecule has 4 heteroatoms. The molecule has 0 radical (unpaired) electrons. The second-order valence-electron chi connectivity index (χ2n) is 5.43. The highest BCUT2D eigenvalue weighted by Gasteiger charge is 2.48. The molecule has 1 aromatic carbocycles. The van der Waals surface area contributed by atoms with Gasteiger partial charge >= 0.3 is 0 Å². The predicted octanol–water partition coefficient (Wildman–Crippen LogP) is 2.01. The summed E-state index contributed by atoms with van der Waals surface area (Å²) in [6.45, 7) is 3.01. The van der Waals surface area contributed by atoms with Gasteiger partial charge < -0.3 is 20.5 Å². The van der Waals surface area contributed by atoms with Gasteiger partial charge in [-0.1, -0.05) is 0 Å². The topological polar surface area (TPSA) is 56.5 Å². The maximum absolute atomic E-state index is 6.53. The van der Waals surface area contributed by atoms with E-state index in [1.165, 1.54) is 12.8 Å².